The Labute approximate surface area is 308 Å². The summed E-state index contributed by atoms with van der Waals surface area (Å²) in [5, 5.41) is 0. The monoisotopic (exact) mass is 715 g/mol. The molecule has 0 bridgehead atoms. The summed E-state index contributed by atoms with van der Waals surface area (Å²) < 4.78 is 10.5. The first-order valence-corrected chi connectivity index (χ1v) is 23.3. The van der Waals surface area contributed by atoms with Gasteiger partial charge in [0.2, 0.25) is 0 Å². The number of rotatable bonds is 39. The van der Waals surface area contributed by atoms with Crippen molar-refractivity contribution in [2.45, 2.75) is 246 Å². The first-order valence-electron chi connectivity index (χ1n) is 21.3. The molecule has 48 heavy (non-hydrogen) atoms. The standard InChI is InChI=1S/C42H82O4S2/c1-5-7-9-11-13-15-17-19-21-23-25-27-29-31-33-35-37-39(3)41(43)45-47-48-46-42(44)40(4)38-36-34-32-30-28-26-24-22-20-18-16-14-12-10-8-6-2/h39-40H,5-38H2,1-4H3. The minimum Gasteiger partial charge on any atom is -0.376 e. The van der Waals surface area contributed by atoms with E-state index >= 15 is 0 Å². The Morgan fingerprint density at radius 2 is 0.542 bits per heavy atom. The van der Waals surface area contributed by atoms with Crippen LogP contribution in [0.5, 0.6) is 0 Å². The minimum atomic E-state index is -0.217. The smallest absolute Gasteiger partial charge is 0.321 e. The lowest BCUT2D eigenvalue weighted by Crippen LogP contribution is -2.12. The molecule has 4 nitrogen and oxygen atoms in total. The number of unbranched alkanes of at least 4 members (excludes halogenated alkanes) is 30. The van der Waals surface area contributed by atoms with Crippen LogP contribution in [0.25, 0.3) is 0 Å². The van der Waals surface area contributed by atoms with Crippen molar-refractivity contribution in [1.29, 1.82) is 0 Å². The Bertz CT molecular complexity index is 618. The van der Waals surface area contributed by atoms with Gasteiger partial charge in [-0.3, -0.25) is 9.59 Å². The molecule has 2 unspecified atom stereocenters. The van der Waals surface area contributed by atoms with Gasteiger partial charge in [-0.25, -0.2) is 0 Å². The summed E-state index contributed by atoms with van der Waals surface area (Å²) in [7, 11) is 0. The second-order valence-electron chi connectivity index (χ2n) is 14.9. The average Bonchev–Trinajstić information content (AvgIpc) is 3.09. The van der Waals surface area contributed by atoms with Gasteiger partial charge in [0.15, 0.2) is 22.1 Å². The van der Waals surface area contributed by atoms with Gasteiger partial charge >= 0.3 is 11.9 Å². The fourth-order valence-corrected chi connectivity index (χ4v) is 7.58. The molecule has 286 valence electrons. The van der Waals surface area contributed by atoms with E-state index in [-0.39, 0.29) is 23.8 Å². The zero-order chi connectivity index (χ0) is 35.2. The molecule has 0 saturated carbocycles. The van der Waals surface area contributed by atoms with Crippen molar-refractivity contribution in [1.82, 2.24) is 0 Å². The van der Waals surface area contributed by atoms with E-state index in [1.165, 1.54) is 193 Å². The van der Waals surface area contributed by atoms with Gasteiger partial charge in [-0.2, -0.15) is 0 Å². The van der Waals surface area contributed by atoms with Gasteiger partial charge in [-0.15, -0.1) is 0 Å². The Balaban J connectivity index is 3.47. The Morgan fingerprint density at radius 3 is 0.750 bits per heavy atom. The van der Waals surface area contributed by atoms with Crippen LogP contribution in [0.4, 0.5) is 0 Å². The van der Waals surface area contributed by atoms with E-state index in [9.17, 15) is 9.59 Å². The SMILES string of the molecule is CCCCCCCCCCCCCCCCCCC(C)C(=O)OSSOC(=O)C(C)CCCCCCCCCCCCCCCCCC. The number of hydrogen-bond donors (Lipinski definition) is 0. The lowest BCUT2D eigenvalue weighted by atomic mass is 10.0. The van der Waals surface area contributed by atoms with E-state index in [4.69, 9.17) is 8.37 Å². The zero-order valence-electron chi connectivity index (χ0n) is 32.6. The van der Waals surface area contributed by atoms with E-state index in [1.807, 2.05) is 13.8 Å². The summed E-state index contributed by atoms with van der Waals surface area (Å²) >= 11 is 1.75. The molecule has 0 aliphatic rings. The van der Waals surface area contributed by atoms with Crippen molar-refractivity contribution in [3.63, 3.8) is 0 Å². The second-order valence-corrected chi connectivity index (χ2v) is 16.3. The number of carbonyl (C=O) groups excluding carboxylic acids is 2. The molecule has 0 amide bonds. The largest absolute Gasteiger partial charge is 0.376 e. The predicted molar refractivity (Wildman–Crippen MR) is 214 cm³/mol. The van der Waals surface area contributed by atoms with Crippen molar-refractivity contribution in [2.75, 3.05) is 0 Å². The van der Waals surface area contributed by atoms with Gasteiger partial charge in [0.05, 0.1) is 11.8 Å². The Kier molecular flexibility index (Phi) is 39.1. The lowest BCUT2D eigenvalue weighted by Gasteiger charge is -2.11. The molecule has 0 aliphatic heterocycles. The van der Waals surface area contributed by atoms with E-state index < -0.39 is 0 Å². The molecule has 0 aromatic carbocycles. The van der Waals surface area contributed by atoms with Crippen LogP contribution >= 0.6 is 22.1 Å². The maximum absolute atomic E-state index is 12.3. The zero-order valence-corrected chi connectivity index (χ0v) is 34.3. The maximum atomic E-state index is 12.3. The molecule has 0 fully saturated rings. The van der Waals surface area contributed by atoms with E-state index in [0.29, 0.717) is 0 Å². The lowest BCUT2D eigenvalue weighted by molar-refractivity contribution is -0.138. The summed E-state index contributed by atoms with van der Waals surface area (Å²) in [5.74, 6) is -0.667. The molecule has 6 heteroatoms. The first kappa shape index (κ1) is 47.6. The van der Waals surface area contributed by atoms with Crippen LogP contribution in [0, 0.1) is 11.8 Å². The molecule has 0 aromatic rings. The third kappa shape index (κ3) is 35.5. The maximum Gasteiger partial charge on any atom is 0.321 e. The van der Waals surface area contributed by atoms with Gasteiger partial charge in [-0.1, -0.05) is 233 Å². The van der Waals surface area contributed by atoms with Crippen LogP contribution in [0.2, 0.25) is 0 Å². The predicted octanol–water partition coefficient (Wildman–Crippen LogP) is 15.9. The van der Waals surface area contributed by atoms with E-state index in [2.05, 4.69) is 13.8 Å². The fourth-order valence-electron chi connectivity index (χ4n) is 6.49. The average molecular weight is 715 g/mol. The molecule has 0 heterocycles. The third-order valence-electron chi connectivity index (χ3n) is 10.0. The van der Waals surface area contributed by atoms with Crippen LogP contribution in [-0.2, 0) is 18.0 Å². The number of carbonyl (C=O) groups is 2. The molecule has 0 saturated heterocycles. The van der Waals surface area contributed by atoms with Gasteiger partial charge in [-0.05, 0) is 12.8 Å². The molecular weight excluding hydrogens is 633 g/mol. The summed E-state index contributed by atoms with van der Waals surface area (Å²) in [4.78, 5) is 24.6. The summed E-state index contributed by atoms with van der Waals surface area (Å²) in [6.07, 6.45) is 45.0. The van der Waals surface area contributed by atoms with Crippen LogP contribution in [0.15, 0.2) is 0 Å². The van der Waals surface area contributed by atoms with Gasteiger partial charge in [0.25, 0.3) is 0 Å². The summed E-state index contributed by atoms with van der Waals surface area (Å²) in [5.41, 5.74) is 0. The molecule has 0 aromatic heterocycles. The second kappa shape index (κ2) is 39.4. The molecular formula is C42H82O4S2. The van der Waals surface area contributed by atoms with Gasteiger partial charge in [0, 0.05) is 0 Å². The molecule has 0 spiro atoms. The van der Waals surface area contributed by atoms with E-state index in [0.717, 1.165) is 47.8 Å². The normalized spacial score (nSPS) is 12.7. The highest BCUT2D eigenvalue weighted by atomic mass is 33.1. The highest BCUT2D eigenvalue weighted by molar-refractivity contribution is 8.73. The minimum absolute atomic E-state index is 0.116. The molecule has 0 N–H and O–H groups in total. The van der Waals surface area contributed by atoms with Crippen LogP contribution in [0.3, 0.4) is 0 Å². The van der Waals surface area contributed by atoms with Crippen LogP contribution in [-0.4, -0.2) is 11.9 Å². The summed E-state index contributed by atoms with van der Waals surface area (Å²) in [6, 6.07) is 0. The van der Waals surface area contributed by atoms with Gasteiger partial charge in [0.1, 0.15) is 0 Å². The molecule has 0 radical (unpaired) electrons. The van der Waals surface area contributed by atoms with Crippen molar-refractivity contribution < 1.29 is 18.0 Å². The quantitative estimate of drug-likeness (QED) is 0.0359. The Morgan fingerprint density at radius 1 is 0.354 bits per heavy atom. The summed E-state index contributed by atoms with van der Waals surface area (Å²) in [6.45, 7) is 8.44. The highest BCUT2D eigenvalue weighted by Gasteiger charge is 2.18. The highest BCUT2D eigenvalue weighted by Crippen LogP contribution is 2.28. The Hall–Kier alpha value is -0.360. The number of hydrogen-bond acceptors (Lipinski definition) is 6. The van der Waals surface area contributed by atoms with Crippen molar-refractivity contribution >= 4 is 34.1 Å². The molecule has 0 rings (SSSR count). The fraction of sp³-hybridized carbons (Fsp3) is 0.952. The van der Waals surface area contributed by atoms with Crippen molar-refractivity contribution in [2.24, 2.45) is 11.8 Å². The molecule has 0 aliphatic carbocycles. The van der Waals surface area contributed by atoms with Crippen LogP contribution < -0.4 is 0 Å². The van der Waals surface area contributed by atoms with Crippen LogP contribution in [0.1, 0.15) is 246 Å². The topological polar surface area (TPSA) is 52.6 Å². The van der Waals surface area contributed by atoms with E-state index in [1.54, 1.807) is 0 Å². The molecule has 2 atom stereocenters. The first-order chi connectivity index (χ1) is 23.5. The van der Waals surface area contributed by atoms with Crippen molar-refractivity contribution in [3.05, 3.63) is 0 Å². The van der Waals surface area contributed by atoms with Crippen molar-refractivity contribution in [3.8, 4) is 0 Å². The van der Waals surface area contributed by atoms with Gasteiger partial charge < -0.3 is 8.37 Å². The third-order valence-corrected chi connectivity index (χ3v) is 11.1.